The van der Waals surface area contributed by atoms with Gasteiger partial charge in [0.25, 0.3) is 0 Å². The van der Waals surface area contributed by atoms with Crippen LogP contribution >= 0.6 is 11.3 Å². The molecule has 0 amide bonds. The first kappa shape index (κ1) is 7.42. The highest BCUT2D eigenvalue weighted by molar-refractivity contribution is 7.14. The maximum Gasteiger partial charge on any atom is 0.366 e. The summed E-state index contributed by atoms with van der Waals surface area (Å²) < 4.78 is 4.34. The molecule has 0 aliphatic carbocycles. The van der Waals surface area contributed by atoms with Crippen LogP contribution in [-0.4, -0.2) is 16.9 Å². The fraction of sp³-hybridized carbons (Fsp3) is 0.286. The standard InChI is InChI=1S/C7H5NO3S/c1-2-3-8-4-5(12-3)7(10)11-6(4)9/h2H2,1H3. The summed E-state index contributed by atoms with van der Waals surface area (Å²) in [7, 11) is 0. The second-order valence-corrected chi connectivity index (χ2v) is 3.40. The third-order valence-corrected chi connectivity index (χ3v) is 2.72. The highest BCUT2D eigenvalue weighted by Gasteiger charge is 2.34. The number of esters is 2. The topological polar surface area (TPSA) is 56.3 Å². The van der Waals surface area contributed by atoms with Gasteiger partial charge in [-0.15, -0.1) is 11.3 Å². The highest BCUT2D eigenvalue weighted by Crippen LogP contribution is 2.25. The molecule has 0 aromatic carbocycles. The first-order valence-corrected chi connectivity index (χ1v) is 4.30. The van der Waals surface area contributed by atoms with Gasteiger partial charge in [-0.2, -0.15) is 0 Å². The molecule has 5 heteroatoms. The summed E-state index contributed by atoms with van der Waals surface area (Å²) in [6, 6.07) is 0. The Morgan fingerprint density at radius 3 is 2.75 bits per heavy atom. The Morgan fingerprint density at radius 2 is 2.17 bits per heavy atom. The molecule has 1 aliphatic heterocycles. The van der Waals surface area contributed by atoms with Gasteiger partial charge in [0.05, 0.1) is 5.01 Å². The van der Waals surface area contributed by atoms with Crippen LogP contribution in [0, 0.1) is 0 Å². The van der Waals surface area contributed by atoms with E-state index in [-0.39, 0.29) is 5.69 Å². The van der Waals surface area contributed by atoms with Crippen LogP contribution < -0.4 is 0 Å². The number of fused-ring (bicyclic) bond motifs is 1. The van der Waals surface area contributed by atoms with E-state index in [0.29, 0.717) is 4.88 Å². The van der Waals surface area contributed by atoms with E-state index >= 15 is 0 Å². The van der Waals surface area contributed by atoms with Crippen molar-refractivity contribution in [3.8, 4) is 0 Å². The van der Waals surface area contributed by atoms with Crippen LogP contribution in [0.1, 0.15) is 32.1 Å². The summed E-state index contributed by atoms with van der Waals surface area (Å²) in [5.41, 5.74) is 0.182. The van der Waals surface area contributed by atoms with Crippen LogP contribution in [0.2, 0.25) is 0 Å². The first-order chi connectivity index (χ1) is 5.72. The molecule has 1 aromatic rings. The van der Waals surface area contributed by atoms with Crippen molar-refractivity contribution in [1.29, 1.82) is 0 Å². The fourth-order valence-corrected chi connectivity index (χ4v) is 1.84. The van der Waals surface area contributed by atoms with Crippen molar-refractivity contribution in [1.82, 2.24) is 4.98 Å². The number of rotatable bonds is 1. The predicted octanol–water partition coefficient (Wildman–Crippen LogP) is 1.02. The lowest BCUT2D eigenvalue weighted by molar-refractivity contribution is 0.0442. The molecule has 2 heterocycles. The molecule has 0 spiro atoms. The van der Waals surface area contributed by atoms with Crippen LogP contribution in [0.25, 0.3) is 0 Å². The minimum absolute atomic E-state index is 0.182. The number of nitrogens with zero attached hydrogens (tertiary/aromatic N) is 1. The van der Waals surface area contributed by atoms with Gasteiger partial charge in [0, 0.05) is 0 Å². The van der Waals surface area contributed by atoms with Gasteiger partial charge in [0.15, 0.2) is 5.69 Å². The molecule has 0 saturated heterocycles. The van der Waals surface area contributed by atoms with E-state index in [1.165, 1.54) is 11.3 Å². The summed E-state index contributed by atoms with van der Waals surface area (Å²) in [5.74, 6) is -1.18. The molecular weight excluding hydrogens is 178 g/mol. The Balaban J connectivity index is 2.56. The van der Waals surface area contributed by atoms with E-state index in [1.807, 2.05) is 6.92 Å². The van der Waals surface area contributed by atoms with Crippen molar-refractivity contribution in [2.75, 3.05) is 0 Å². The Kier molecular flexibility index (Phi) is 1.47. The van der Waals surface area contributed by atoms with E-state index in [2.05, 4.69) is 9.72 Å². The van der Waals surface area contributed by atoms with Crippen LogP contribution in [-0.2, 0) is 11.2 Å². The largest absolute Gasteiger partial charge is 0.384 e. The third-order valence-electron chi connectivity index (χ3n) is 1.54. The second-order valence-electron chi connectivity index (χ2n) is 2.32. The molecule has 0 N–H and O–H groups in total. The van der Waals surface area contributed by atoms with Crippen LogP contribution in [0.15, 0.2) is 0 Å². The maximum atomic E-state index is 10.9. The van der Waals surface area contributed by atoms with Gasteiger partial charge < -0.3 is 4.74 Å². The zero-order valence-corrected chi connectivity index (χ0v) is 7.10. The molecular formula is C7H5NO3S. The molecule has 12 heavy (non-hydrogen) atoms. The number of carbonyl (C=O) groups excluding carboxylic acids is 2. The molecule has 1 aliphatic rings. The van der Waals surface area contributed by atoms with E-state index in [9.17, 15) is 9.59 Å². The van der Waals surface area contributed by atoms with E-state index in [1.54, 1.807) is 0 Å². The zero-order valence-electron chi connectivity index (χ0n) is 6.29. The summed E-state index contributed by atoms with van der Waals surface area (Å²) in [4.78, 5) is 26.1. The van der Waals surface area contributed by atoms with E-state index < -0.39 is 11.9 Å². The molecule has 0 fully saturated rings. The lowest BCUT2D eigenvalue weighted by Crippen LogP contribution is -1.99. The molecule has 0 radical (unpaired) electrons. The Morgan fingerprint density at radius 1 is 1.42 bits per heavy atom. The molecule has 62 valence electrons. The van der Waals surface area contributed by atoms with Gasteiger partial charge >= 0.3 is 11.9 Å². The first-order valence-electron chi connectivity index (χ1n) is 3.48. The summed E-state index contributed by atoms with van der Waals surface area (Å²) in [6.45, 7) is 1.92. The van der Waals surface area contributed by atoms with Crippen molar-refractivity contribution in [3.63, 3.8) is 0 Å². The Bertz CT molecular complexity index is 337. The van der Waals surface area contributed by atoms with Crippen LogP contribution in [0.4, 0.5) is 0 Å². The summed E-state index contributed by atoms with van der Waals surface area (Å²) in [5, 5.41) is 0.796. The molecule has 0 saturated carbocycles. The number of aromatic nitrogens is 1. The van der Waals surface area contributed by atoms with Crippen LogP contribution in [0.5, 0.6) is 0 Å². The quantitative estimate of drug-likeness (QED) is 0.481. The van der Waals surface area contributed by atoms with Crippen molar-refractivity contribution in [2.45, 2.75) is 13.3 Å². The second kappa shape index (κ2) is 2.38. The lowest BCUT2D eigenvalue weighted by Gasteiger charge is -1.87. The van der Waals surface area contributed by atoms with Crippen molar-refractivity contribution >= 4 is 23.3 Å². The van der Waals surface area contributed by atoms with Gasteiger partial charge in [-0.25, -0.2) is 14.6 Å². The average molecular weight is 183 g/mol. The van der Waals surface area contributed by atoms with Crippen molar-refractivity contribution in [3.05, 3.63) is 15.6 Å². The Hall–Kier alpha value is -1.23. The molecule has 4 nitrogen and oxygen atoms in total. The zero-order chi connectivity index (χ0) is 8.72. The number of aryl methyl sites for hydroxylation is 1. The van der Waals surface area contributed by atoms with Gasteiger partial charge in [-0.05, 0) is 6.42 Å². The molecule has 0 unspecified atom stereocenters. The van der Waals surface area contributed by atoms with Gasteiger partial charge in [0.1, 0.15) is 4.88 Å². The minimum Gasteiger partial charge on any atom is -0.384 e. The lowest BCUT2D eigenvalue weighted by atomic mass is 10.4. The number of cyclic esters (lactones) is 2. The van der Waals surface area contributed by atoms with Crippen molar-refractivity contribution in [2.24, 2.45) is 0 Å². The molecule has 0 atom stereocenters. The fourth-order valence-electron chi connectivity index (χ4n) is 0.971. The van der Waals surface area contributed by atoms with Gasteiger partial charge in [0.2, 0.25) is 0 Å². The molecule has 1 aromatic heterocycles. The Labute approximate surface area is 72.2 Å². The smallest absolute Gasteiger partial charge is 0.366 e. The number of hydrogen-bond acceptors (Lipinski definition) is 5. The monoisotopic (exact) mass is 183 g/mol. The number of thiazole rings is 1. The summed E-state index contributed by atoms with van der Waals surface area (Å²) in [6.07, 6.45) is 0.734. The average Bonchev–Trinajstić information content (AvgIpc) is 2.55. The number of ether oxygens (including phenoxy) is 1. The number of carbonyl (C=O) groups is 2. The van der Waals surface area contributed by atoms with Crippen LogP contribution in [0.3, 0.4) is 0 Å². The summed E-state index contributed by atoms with van der Waals surface area (Å²) >= 11 is 1.23. The molecule has 2 rings (SSSR count). The van der Waals surface area contributed by atoms with Crippen molar-refractivity contribution < 1.29 is 14.3 Å². The predicted molar refractivity (Wildman–Crippen MR) is 41.2 cm³/mol. The maximum absolute atomic E-state index is 10.9. The van der Waals surface area contributed by atoms with E-state index in [4.69, 9.17) is 0 Å². The van der Waals surface area contributed by atoms with Gasteiger partial charge in [-0.3, -0.25) is 0 Å². The molecule has 0 bridgehead atoms. The minimum atomic E-state index is -0.619. The van der Waals surface area contributed by atoms with Gasteiger partial charge in [-0.1, -0.05) is 6.92 Å². The van der Waals surface area contributed by atoms with E-state index in [0.717, 1.165) is 11.4 Å². The number of hydrogen-bond donors (Lipinski definition) is 0. The highest BCUT2D eigenvalue weighted by atomic mass is 32.1. The third kappa shape index (κ3) is 0.863. The SMILES string of the molecule is CCc1nc2c(s1)C(=O)OC2=O. The normalized spacial score (nSPS) is 14.8.